The second kappa shape index (κ2) is 7.70. The number of nitrogens with zero attached hydrogens (tertiary/aromatic N) is 2. The molecule has 0 aromatic heterocycles. The van der Waals surface area contributed by atoms with Gasteiger partial charge in [0.2, 0.25) is 5.91 Å². The van der Waals surface area contributed by atoms with Crippen molar-refractivity contribution in [3.63, 3.8) is 0 Å². The van der Waals surface area contributed by atoms with Gasteiger partial charge in [-0.1, -0.05) is 30.0 Å². The topological polar surface area (TPSA) is 40.6 Å². The Morgan fingerprint density at radius 2 is 1.90 bits per heavy atom. The zero-order valence-corrected chi connectivity index (χ0v) is 12.9. The number of amides is 1. The lowest BCUT2D eigenvalue weighted by molar-refractivity contribution is -0.126. The molecule has 2 aliphatic rings. The van der Waals surface area contributed by atoms with E-state index in [0.717, 1.165) is 44.4 Å². The summed E-state index contributed by atoms with van der Waals surface area (Å²) in [5.74, 6) is 6.33. The van der Waals surface area contributed by atoms with E-state index in [2.05, 4.69) is 16.7 Å². The average Bonchev–Trinajstić information content (AvgIpc) is 2.77. The third kappa shape index (κ3) is 4.53. The Bertz CT molecular complexity index is 421. The van der Waals surface area contributed by atoms with Crippen LogP contribution in [-0.4, -0.2) is 58.8 Å². The first-order valence-electron chi connectivity index (χ1n) is 7.31. The predicted molar refractivity (Wildman–Crippen MR) is 81.3 cm³/mol. The van der Waals surface area contributed by atoms with Gasteiger partial charge in [0.1, 0.15) is 0 Å². The lowest BCUT2D eigenvalue weighted by Gasteiger charge is -2.23. The van der Waals surface area contributed by atoms with Crippen LogP contribution in [0.25, 0.3) is 0 Å². The Morgan fingerprint density at radius 3 is 2.60 bits per heavy atom. The molecule has 0 aromatic carbocycles. The summed E-state index contributed by atoms with van der Waals surface area (Å²) in [7, 11) is 0. The summed E-state index contributed by atoms with van der Waals surface area (Å²) in [4.78, 5) is 27.2. The fraction of sp³-hybridized carbons (Fsp3) is 0.733. The highest BCUT2D eigenvalue weighted by Crippen LogP contribution is 2.24. The van der Waals surface area contributed by atoms with Crippen LogP contribution in [-0.2, 0) is 9.59 Å². The Hall–Kier alpha value is -0.990. The maximum atomic E-state index is 12.0. The molecule has 20 heavy (non-hydrogen) atoms. The van der Waals surface area contributed by atoms with Crippen LogP contribution in [0.15, 0.2) is 0 Å². The molecule has 2 heterocycles. The average molecular weight is 294 g/mol. The standard InChI is InChI=1S/C15H22N2O2S/c1-13(18)20-14-7-12-17(15(14)19)11-6-5-10-16-8-3-2-4-9-16/h14H,2-4,7-12H2,1H3. The second-order valence-corrected chi connectivity index (χ2v) is 6.72. The monoisotopic (exact) mass is 294 g/mol. The van der Waals surface area contributed by atoms with E-state index in [-0.39, 0.29) is 16.3 Å². The van der Waals surface area contributed by atoms with Gasteiger partial charge in [-0.3, -0.25) is 14.5 Å². The maximum absolute atomic E-state index is 12.0. The molecule has 0 spiro atoms. The molecule has 2 rings (SSSR count). The molecule has 1 unspecified atom stereocenters. The molecule has 2 aliphatic heterocycles. The van der Waals surface area contributed by atoms with E-state index in [1.165, 1.54) is 26.2 Å². The first-order chi connectivity index (χ1) is 9.66. The Kier molecular flexibility index (Phi) is 5.93. The zero-order chi connectivity index (χ0) is 14.4. The molecule has 0 radical (unpaired) electrons. The summed E-state index contributed by atoms with van der Waals surface area (Å²) < 4.78 is 0. The van der Waals surface area contributed by atoms with E-state index in [1.54, 1.807) is 4.90 Å². The summed E-state index contributed by atoms with van der Waals surface area (Å²) in [6, 6.07) is 0. The first kappa shape index (κ1) is 15.4. The van der Waals surface area contributed by atoms with Crippen molar-refractivity contribution in [3.05, 3.63) is 0 Å². The molecule has 110 valence electrons. The van der Waals surface area contributed by atoms with Crippen molar-refractivity contribution in [2.45, 2.75) is 37.9 Å². The SMILES string of the molecule is CC(=O)SC1CCN(CC#CCN2CCCCC2)C1=O. The van der Waals surface area contributed by atoms with Crippen LogP contribution in [0.4, 0.5) is 0 Å². The van der Waals surface area contributed by atoms with Crippen molar-refractivity contribution in [2.75, 3.05) is 32.7 Å². The molecule has 0 saturated carbocycles. The fourth-order valence-corrected chi connectivity index (χ4v) is 3.49. The maximum Gasteiger partial charge on any atom is 0.237 e. The molecule has 5 heteroatoms. The van der Waals surface area contributed by atoms with E-state index < -0.39 is 0 Å². The summed E-state index contributed by atoms with van der Waals surface area (Å²) in [6.45, 7) is 5.85. The van der Waals surface area contributed by atoms with Crippen molar-refractivity contribution in [1.82, 2.24) is 9.80 Å². The molecule has 2 saturated heterocycles. The highest BCUT2D eigenvalue weighted by Gasteiger charge is 2.32. The van der Waals surface area contributed by atoms with E-state index in [0.29, 0.717) is 6.54 Å². The third-order valence-corrected chi connectivity index (χ3v) is 4.76. The molecule has 1 atom stereocenters. The fourth-order valence-electron chi connectivity index (χ4n) is 2.61. The molecule has 0 N–H and O–H groups in total. The van der Waals surface area contributed by atoms with E-state index in [1.807, 2.05) is 0 Å². The van der Waals surface area contributed by atoms with Gasteiger partial charge in [-0.15, -0.1) is 0 Å². The number of hydrogen-bond acceptors (Lipinski definition) is 4. The van der Waals surface area contributed by atoms with Crippen molar-refractivity contribution in [2.24, 2.45) is 0 Å². The molecular formula is C15H22N2O2S. The number of likely N-dealkylation sites (tertiary alicyclic amines) is 2. The second-order valence-electron chi connectivity index (χ2n) is 5.34. The van der Waals surface area contributed by atoms with Crippen LogP contribution in [0.2, 0.25) is 0 Å². The number of rotatable bonds is 3. The molecule has 1 amide bonds. The van der Waals surface area contributed by atoms with Gasteiger partial charge in [-0.05, 0) is 32.4 Å². The number of carbonyl (C=O) groups is 2. The number of carbonyl (C=O) groups excluding carboxylic acids is 2. The number of piperidine rings is 1. The van der Waals surface area contributed by atoms with Gasteiger partial charge >= 0.3 is 0 Å². The molecule has 0 bridgehead atoms. The van der Waals surface area contributed by atoms with Gasteiger partial charge in [0, 0.05) is 13.5 Å². The summed E-state index contributed by atoms with van der Waals surface area (Å²) in [5.41, 5.74) is 0. The first-order valence-corrected chi connectivity index (χ1v) is 8.19. The van der Waals surface area contributed by atoms with Crippen LogP contribution in [0.1, 0.15) is 32.6 Å². The van der Waals surface area contributed by atoms with Crippen molar-refractivity contribution < 1.29 is 9.59 Å². The van der Waals surface area contributed by atoms with Gasteiger partial charge in [0.25, 0.3) is 0 Å². The number of thioether (sulfide) groups is 1. The Morgan fingerprint density at radius 1 is 1.20 bits per heavy atom. The van der Waals surface area contributed by atoms with Crippen molar-refractivity contribution >= 4 is 22.8 Å². The highest BCUT2D eigenvalue weighted by molar-refractivity contribution is 8.14. The van der Waals surface area contributed by atoms with Crippen molar-refractivity contribution in [3.8, 4) is 11.8 Å². The van der Waals surface area contributed by atoms with Crippen LogP contribution in [0.3, 0.4) is 0 Å². The third-order valence-electron chi connectivity index (χ3n) is 3.70. The van der Waals surface area contributed by atoms with E-state index in [4.69, 9.17) is 0 Å². The molecular weight excluding hydrogens is 272 g/mol. The molecule has 0 aliphatic carbocycles. The smallest absolute Gasteiger partial charge is 0.237 e. The lowest BCUT2D eigenvalue weighted by atomic mass is 10.1. The van der Waals surface area contributed by atoms with Gasteiger partial charge in [-0.25, -0.2) is 0 Å². The van der Waals surface area contributed by atoms with E-state index >= 15 is 0 Å². The van der Waals surface area contributed by atoms with Crippen LogP contribution in [0, 0.1) is 11.8 Å². The highest BCUT2D eigenvalue weighted by atomic mass is 32.2. The van der Waals surface area contributed by atoms with Gasteiger partial charge in [-0.2, -0.15) is 0 Å². The summed E-state index contributed by atoms with van der Waals surface area (Å²) in [6.07, 6.45) is 4.64. The van der Waals surface area contributed by atoms with Crippen LogP contribution in [0.5, 0.6) is 0 Å². The van der Waals surface area contributed by atoms with Gasteiger partial charge in [0.15, 0.2) is 5.12 Å². The predicted octanol–water partition coefficient (Wildman–Crippen LogP) is 1.36. The Labute approximate surface area is 125 Å². The quantitative estimate of drug-likeness (QED) is 0.737. The molecule has 4 nitrogen and oxygen atoms in total. The minimum Gasteiger partial charge on any atom is -0.331 e. The summed E-state index contributed by atoms with van der Waals surface area (Å²) >= 11 is 1.15. The largest absolute Gasteiger partial charge is 0.331 e. The minimum atomic E-state index is -0.184. The van der Waals surface area contributed by atoms with E-state index in [9.17, 15) is 9.59 Å². The molecule has 2 fully saturated rings. The number of hydrogen-bond donors (Lipinski definition) is 0. The minimum absolute atomic E-state index is 0.0152. The van der Waals surface area contributed by atoms with Crippen LogP contribution < -0.4 is 0 Å². The molecule has 0 aromatic rings. The van der Waals surface area contributed by atoms with Gasteiger partial charge in [0.05, 0.1) is 18.3 Å². The van der Waals surface area contributed by atoms with Gasteiger partial charge < -0.3 is 4.90 Å². The normalized spacial score (nSPS) is 23.6. The summed E-state index contributed by atoms with van der Waals surface area (Å²) in [5, 5.41) is -0.169. The Balaban J connectivity index is 1.72. The lowest BCUT2D eigenvalue weighted by Crippen LogP contribution is -2.30. The van der Waals surface area contributed by atoms with Crippen molar-refractivity contribution in [1.29, 1.82) is 0 Å². The van der Waals surface area contributed by atoms with Crippen LogP contribution >= 0.6 is 11.8 Å². The zero-order valence-electron chi connectivity index (χ0n) is 12.1.